The van der Waals surface area contributed by atoms with Gasteiger partial charge in [-0.15, -0.1) is 0 Å². The van der Waals surface area contributed by atoms with E-state index < -0.39 is 0 Å². The number of benzene rings is 4. The standard InChI is InChI=1S/C42H39BN2/c1-26-17-20-30(21-18-26)44-37-25-28(3)31-12-7-6-11-29(31)19-22-32(37)33-23-27(2)24-39-40(33)43-36-15-10-14-35-41(36)45(39)38-16-9-8-13-34(38)42(35,4)5/h7-10,12-18,20-25,43-44H,3,6,11,19H2,1-2,4-5H3/b32-22-,37-25+. The summed E-state index contributed by atoms with van der Waals surface area (Å²) in [5.41, 5.74) is 20.5. The van der Waals surface area contributed by atoms with Crippen molar-refractivity contribution in [2.45, 2.75) is 52.4 Å². The molecular formula is C42H39BN2. The average molecular weight is 583 g/mol. The third-order valence-electron chi connectivity index (χ3n) is 10.2. The van der Waals surface area contributed by atoms with E-state index in [0.29, 0.717) is 0 Å². The number of nitrogens with zero attached hydrogens (tertiary/aromatic N) is 1. The van der Waals surface area contributed by atoms with Gasteiger partial charge in [0.1, 0.15) is 0 Å². The molecular weight excluding hydrogens is 543 g/mol. The summed E-state index contributed by atoms with van der Waals surface area (Å²) in [5.74, 6) is 0. The summed E-state index contributed by atoms with van der Waals surface area (Å²) in [7, 11) is 0.898. The van der Waals surface area contributed by atoms with Crippen molar-refractivity contribution in [3.05, 3.63) is 160 Å². The summed E-state index contributed by atoms with van der Waals surface area (Å²) < 4.78 is 0. The number of nitrogens with one attached hydrogen (secondary N) is 1. The Morgan fingerprint density at radius 1 is 0.867 bits per heavy atom. The summed E-state index contributed by atoms with van der Waals surface area (Å²) in [6, 6.07) is 29.4. The highest BCUT2D eigenvalue weighted by molar-refractivity contribution is 6.72. The van der Waals surface area contributed by atoms with Gasteiger partial charge in [0.2, 0.25) is 0 Å². The van der Waals surface area contributed by atoms with E-state index in [1.807, 2.05) is 0 Å². The Balaban J connectivity index is 1.35. The molecule has 3 heteroatoms. The van der Waals surface area contributed by atoms with E-state index in [9.17, 15) is 0 Å². The summed E-state index contributed by atoms with van der Waals surface area (Å²) in [6.07, 6.45) is 12.4. The Labute approximate surface area is 268 Å². The normalized spacial score (nSPS) is 19.8. The number of hydrogen-bond acceptors (Lipinski definition) is 2. The van der Waals surface area contributed by atoms with Crippen LogP contribution < -0.4 is 21.1 Å². The lowest BCUT2D eigenvalue weighted by Crippen LogP contribution is -2.46. The highest BCUT2D eigenvalue weighted by Crippen LogP contribution is 2.52. The molecule has 2 aliphatic heterocycles. The molecule has 45 heavy (non-hydrogen) atoms. The van der Waals surface area contributed by atoms with Crippen molar-refractivity contribution in [2.75, 3.05) is 10.2 Å². The van der Waals surface area contributed by atoms with E-state index in [1.54, 1.807) is 0 Å². The lowest BCUT2D eigenvalue weighted by Gasteiger charge is -2.46. The largest absolute Gasteiger partial charge is 0.355 e. The van der Waals surface area contributed by atoms with Gasteiger partial charge in [0.05, 0.1) is 5.69 Å². The molecule has 0 unspecified atom stereocenters. The van der Waals surface area contributed by atoms with Crippen molar-refractivity contribution in [1.29, 1.82) is 0 Å². The minimum atomic E-state index is -0.0707. The molecule has 0 saturated carbocycles. The fourth-order valence-corrected chi connectivity index (χ4v) is 7.90. The quantitative estimate of drug-likeness (QED) is 0.214. The monoisotopic (exact) mass is 582 g/mol. The van der Waals surface area contributed by atoms with Crippen molar-refractivity contribution in [3.63, 3.8) is 0 Å². The van der Waals surface area contributed by atoms with Crippen LogP contribution in [0.4, 0.5) is 22.7 Å². The molecule has 0 radical (unpaired) electrons. The molecule has 4 aromatic rings. The maximum atomic E-state index is 4.59. The molecule has 0 aromatic heterocycles. The number of aryl methyl sites for hydroxylation is 2. The Morgan fingerprint density at radius 2 is 1.67 bits per heavy atom. The van der Waals surface area contributed by atoms with Crippen molar-refractivity contribution in [3.8, 4) is 0 Å². The van der Waals surface area contributed by atoms with E-state index in [1.165, 1.54) is 72.5 Å². The first-order chi connectivity index (χ1) is 21.8. The Kier molecular flexibility index (Phi) is 6.43. The Bertz CT molecular complexity index is 2030. The molecule has 0 fully saturated rings. The van der Waals surface area contributed by atoms with Gasteiger partial charge in [-0.2, -0.15) is 0 Å². The molecule has 2 heterocycles. The highest BCUT2D eigenvalue weighted by atomic mass is 15.2. The number of anilines is 4. The molecule has 1 N–H and O–H groups in total. The van der Waals surface area contributed by atoms with Gasteiger partial charge in [-0.3, -0.25) is 0 Å². The SMILES string of the molecule is C=C1/C=C(Nc2ccc(C)cc2)\C(c2cc(C)cc3c2Bc2cccc4c2N3c2ccccc2C4(C)C)=C/CC2=C1C=CCC2. The van der Waals surface area contributed by atoms with Crippen LogP contribution in [0.1, 0.15) is 60.9 Å². The molecule has 8 rings (SSSR count). The van der Waals surface area contributed by atoms with Gasteiger partial charge in [0.15, 0.2) is 7.28 Å². The van der Waals surface area contributed by atoms with Crippen LogP contribution in [0.3, 0.4) is 0 Å². The third-order valence-corrected chi connectivity index (χ3v) is 10.2. The van der Waals surface area contributed by atoms with Crippen LogP contribution in [-0.4, -0.2) is 7.28 Å². The lowest BCUT2D eigenvalue weighted by atomic mass is 9.55. The molecule has 0 saturated heterocycles. The Morgan fingerprint density at radius 3 is 2.51 bits per heavy atom. The molecule has 0 spiro atoms. The van der Waals surface area contributed by atoms with E-state index in [0.717, 1.165) is 43.5 Å². The van der Waals surface area contributed by atoms with Crippen molar-refractivity contribution in [1.82, 2.24) is 0 Å². The van der Waals surface area contributed by atoms with Gasteiger partial charge in [0.25, 0.3) is 0 Å². The first-order valence-electron chi connectivity index (χ1n) is 16.3. The van der Waals surface area contributed by atoms with Gasteiger partial charge in [-0.25, -0.2) is 0 Å². The minimum absolute atomic E-state index is 0.0707. The second kappa shape index (κ2) is 10.4. The molecule has 2 aliphatic carbocycles. The van der Waals surface area contributed by atoms with Gasteiger partial charge >= 0.3 is 0 Å². The van der Waals surface area contributed by atoms with Crippen LogP contribution in [0, 0.1) is 13.8 Å². The summed E-state index contributed by atoms with van der Waals surface area (Å²) >= 11 is 0. The fraction of sp³-hybridized carbons (Fsp3) is 0.190. The van der Waals surface area contributed by atoms with Crippen molar-refractivity contribution < 1.29 is 0 Å². The van der Waals surface area contributed by atoms with E-state index in [2.05, 4.69) is 148 Å². The second-order valence-electron chi connectivity index (χ2n) is 13.6. The maximum Gasteiger partial charge on any atom is 0.198 e. The Hall–Kier alpha value is -4.76. The number of fused-ring (bicyclic) bond motifs is 4. The van der Waals surface area contributed by atoms with Crippen LogP contribution in [0.2, 0.25) is 0 Å². The molecule has 0 amide bonds. The zero-order valence-electron chi connectivity index (χ0n) is 26.8. The molecule has 2 nitrogen and oxygen atoms in total. The van der Waals surface area contributed by atoms with Gasteiger partial charge in [0, 0.05) is 33.7 Å². The summed E-state index contributed by atoms with van der Waals surface area (Å²) in [5, 5.41) is 3.84. The summed E-state index contributed by atoms with van der Waals surface area (Å²) in [4.78, 5) is 2.56. The molecule has 4 aromatic carbocycles. The number of hydrogen-bond donors (Lipinski definition) is 1. The maximum absolute atomic E-state index is 4.59. The van der Waals surface area contributed by atoms with Gasteiger partial charge < -0.3 is 10.2 Å². The zero-order valence-corrected chi connectivity index (χ0v) is 26.8. The highest BCUT2D eigenvalue weighted by Gasteiger charge is 2.41. The fourth-order valence-electron chi connectivity index (χ4n) is 7.90. The van der Waals surface area contributed by atoms with Crippen LogP contribution in [0.25, 0.3) is 5.57 Å². The average Bonchev–Trinajstić information content (AvgIpc) is 3.03. The van der Waals surface area contributed by atoms with E-state index in [-0.39, 0.29) is 5.41 Å². The van der Waals surface area contributed by atoms with Crippen molar-refractivity contribution in [2.24, 2.45) is 0 Å². The first-order valence-corrected chi connectivity index (χ1v) is 16.3. The predicted octanol–water partition coefficient (Wildman–Crippen LogP) is 9.10. The van der Waals surface area contributed by atoms with E-state index >= 15 is 0 Å². The third kappa shape index (κ3) is 4.48. The molecule has 4 aliphatic rings. The smallest absolute Gasteiger partial charge is 0.198 e. The van der Waals surface area contributed by atoms with E-state index in [4.69, 9.17) is 0 Å². The molecule has 0 bridgehead atoms. The van der Waals surface area contributed by atoms with Crippen LogP contribution >= 0.6 is 0 Å². The first kappa shape index (κ1) is 27.8. The van der Waals surface area contributed by atoms with Crippen LogP contribution in [0.5, 0.6) is 0 Å². The molecule has 220 valence electrons. The molecule has 0 atom stereocenters. The minimum Gasteiger partial charge on any atom is -0.355 e. The van der Waals surface area contributed by atoms with Crippen molar-refractivity contribution >= 4 is 46.5 Å². The zero-order chi connectivity index (χ0) is 30.9. The second-order valence-corrected chi connectivity index (χ2v) is 13.6. The van der Waals surface area contributed by atoms with Crippen LogP contribution in [-0.2, 0) is 5.41 Å². The predicted molar refractivity (Wildman–Crippen MR) is 194 cm³/mol. The number of para-hydroxylation sites is 2. The topological polar surface area (TPSA) is 15.3 Å². The summed E-state index contributed by atoms with van der Waals surface area (Å²) in [6.45, 7) is 13.7. The number of rotatable bonds is 3. The van der Waals surface area contributed by atoms with Gasteiger partial charge in [-0.05, 0) is 102 Å². The van der Waals surface area contributed by atoms with Crippen LogP contribution in [0.15, 0.2) is 132 Å². The van der Waals surface area contributed by atoms with Gasteiger partial charge in [-0.1, -0.05) is 110 Å². The number of allylic oxidation sites excluding steroid dienone is 8. The lowest BCUT2D eigenvalue weighted by molar-refractivity contribution is 0.632.